The molecule has 6 heteroatoms. The van der Waals surface area contributed by atoms with Gasteiger partial charge in [0.1, 0.15) is 0 Å². The van der Waals surface area contributed by atoms with Gasteiger partial charge in [0.15, 0.2) is 0 Å². The second kappa shape index (κ2) is 5.25. The molecule has 0 N–H and O–H groups in total. The van der Waals surface area contributed by atoms with Gasteiger partial charge in [-0.3, -0.25) is 4.68 Å². The molecule has 1 unspecified atom stereocenters. The fourth-order valence-electron chi connectivity index (χ4n) is 1.44. The first-order valence-electron chi connectivity index (χ1n) is 5.25. The van der Waals surface area contributed by atoms with E-state index < -0.39 is 0 Å². The van der Waals surface area contributed by atoms with Crippen LogP contribution in [0.15, 0.2) is 24.9 Å². The Hall–Kier alpha value is -1.17. The van der Waals surface area contributed by atoms with E-state index in [4.69, 9.17) is 0 Å². The van der Waals surface area contributed by atoms with Gasteiger partial charge in [0.05, 0.1) is 16.8 Å². The molecule has 0 spiro atoms. The molecule has 86 valence electrons. The van der Waals surface area contributed by atoms with E-state index in [0.29, 0.717) is 0 Å². The lowest BCUT2D eigenvalue weighted by Gasteiger charge is -2.01. The first-order valence-corrected chi connectivity index (χ1v) is 6.17. The molecule has 0 aliphatic heterocycles. The van der Waals surface area contributed by atoms with Crippen molar-refractivity contribution in [1.82, 2.24) is 24.5 Å². The van der Waals surface area contributed by atoms with Gasteiger partial charge in [-0.25, -0.2) is 4.98 Å². The standard InChI is InChI=1S/C10H14BrN5/c1-9(11)10-7-16(14-13-10)5-2-4-15-6-3-12-8-15/h3,6-9H,2,4-5H2,1H3. The summed E-state index contributed by atoms with van der Waals surface area (Å²) in [5.41, 5.74) is 0.975. The molecule has 0 radical (unpaired) electrons. The maximum atomic E-state index is 4.08. The van der Waals surface area contributed by atoms with Crippen LogP contribution in [0.5, 0.6) is 0 Å². The molecule has 5 nitrogen and oxygen atoms in total. The number of nitrogens with zero attached hydrogens (tertiary/aromatic N) is 5. The molecule has 0 aliphatic rings. The number of imidazole rings is 1. The zero-order valence-electron chi connectivity index (χ0n) is 9.12. The predicted molar refractivity (Wildman–Crippen MR) is 64.2 cm³/mol. The summed E-state index contributed by atoms with van der Waals surface area (Å²) in [7, 11) is 0. The highest BCUT2D eigenvalue weighted by molar-refractivity contribution is 9.09. The third-order valence-electron chi connectivity index (χ3n) is 2.33. The summed E-state index contributed by atoms with van der Waals surface area (Å²) in [6.07, 6.45) is 8.59. The van der Waals surface area contributed by atoms with E-state index in [1.54, 1.807) is 6.20 Å². The first-order chi connectivity index (χ1) is 7.75. The summed E-state index contributed by atoms with van der Waals surface area (Å²) >= 11 is 3.47. The van der Waals surface area contributed by atoms with Gasteiger partial charge in [-0.05, 0) is 13.3 Å². The van der Waals surface area contributed by atoms with Crippen molar-refractivity contribution in [2.75, 3.05) is 0 Å². The quantitative estimate of drug-likeness (QED) is 0.789. The number of rotatable bonds is 5. The second-order valence-electron chi connectivity index (χ2n) is 3.68. The third kappa shape index (κ3) is 2.91. The van der Waals surface area contributed by atoms with Gasteiger partial charge in [0.2, 0.25) is 0 Å². The van der Waals surface area contributed by atoms with Crippen molar-refractivity contribution in [2.45, 2.75) is 31.3 Å². The van der Waals surface area contributed by atoms with Crippen LogP contribution in [-0.4, -0.2) is 24.5 Å². The molecule has 2 aromatic rings. The highest BCUT2D eigenvalue weighted by Crippen LogP contribution is 2.17. The molecule has 0 aliphatic carbocycles. The predicted octanol–water partition coefficient (Wildman–Crippen LogP) is 2.02. The fourth-order valence-corrected chi connectivity index (χ4v) is 1.65. The first kappa shape index (κ1) is 11.3. The van der Waals surface area contributed by atoms with Gasteiger partial charge in [-0.1, -0.05) is 21.1 Å². The molecule has 2 heterocycles. The van der Waals surface area contributed by atoms with Crippen LogP contribution in [0.4, 0.5) is 0 Å². The number of aryl methyl sites for hydroxylation is 2. The zero-order valence-corrected chi connectivity index (χ0v) is 10.7. The van der Waals surface area contributed by atoms with Crippen LogP contribution >= 0.6 is 15.9 Å². The van der Waals surface area contributed by atoms with Gasteiger partial charge in [-0.15, -0.1) is 5.10 Å². The number of hydrogen-bond acceptors (Lipinski definition) is 3. The van der Waals surface area contributed by atoms with Crippen molar-refractivity contribution in [2.24, 2.45) is 0 Å². The fraction of sp³-hybridized carbons (Fsp3) is 0.500. The summed E-state index contributed by atoms with van der Waals surface area (Å²) in [4.78, 5) is 4.26. The minimum absolute atomic E-state index is 0.259. The van der Waals surface area contributed by atoms with Gasteiger partial charge in [0, 0.05) is 31.7 Å². The molecule has 2 rings (SSSR count). The monoisotopic (exact) mass is 283 g/mol. The largest absolute Gasteiger partial charge is 0.337 e. The van der Waals surface area contributed by atoms with Crippen molar-refractivity contribution in [1.29, 1.82) is 0 Å². The van der Waals surface area contributed by atoms with Crippen LogP contribution in [0.25, 0.3) is 0 Å². The highest BCUT2D eigenvalue weighted by atomic mass is 79.9. The zero-order chi connectivity index (χ0) is 11.4. The summed E-state index contributed by atoms with van der Waals surface area (Å²) in [6, 6.07) is 0. The van der Waals surface area contributed by atoms with Crippen LogP contribution in [-0.2, 0) is 13.1 Å². The van der Waals surface area contributed by atoms with Gasteiger partial charge < -0.3 is 4.57 Å². The Kier molecular flexibility index (Phi) is 3.71. The molecule has 0 saturated heterocycles. The maximum Gasteiger partial charge on any atom is 0.0960 e. The van der Waals surface area contributed by atoms with E-state index in [2.05, 4.69) is 35.8 Å². The van der Waals surface area contributed by atoms with E-state index in [0.717, 1.165) is 25.2 Å². The minimum Gasteiger partial charge on any atom is -0.337 e. The lowest BCUT2D eigenvalue weighted by atomic mass is 10.4. The van der Waals surface area contributed by atoms with Crippen LogP contribution in [0, 0.1) is 0 Å². The number of alkyl halides is 1. The Balaban J connectivity index is 1.81. The van der Waals surface area contributed by atoms with E-state index in [-0.39, 0.29) is 4.83 Å². The summed E-state index contributed by atoms with van der Waals surface area (Å²) in [5, 5.41) is 8.15. The molecule has 2 aromatic heterocycles. The van der Waals surface area contributed by atoms with Crippen LogP contribution in [0.1, 0.15) is 23.9 Å². The van der Waals surface area contributed by atoms with Crippen LogP contribution in [0.2, 0.25) is 0 Å². The number of halogens is 1. The Morgan fingerprint density at radius 1 is 1.44 bits per heavy atom. The van der Waals surface area contributed by atoms with E-state index >= 15 is 0 Å². The summed E-state index contributed by atoms with van der Waals surface area (Å²) < 4.78 is 3.94. The van der Waals surface area contributed by atoms with Crippen molar-refractivity contribution in [3.05, 3.63) is 30.6 Å². The van der Waals surface area contributed by atoms with E-state index in [1.165, 1.54) is 0 Å². The molecule has 0 bridgehead atoms. The molecule has 0 fully saturated rings. The Bertz CT molecular complexity index is 420. The van der Waals surface area contributed by atoms with Gasteiger partial charge >= 0.3 is 0 Å². The van der Waals surface area contributed by atoms with Crippen molar-refractivity contribution < 1.29 is 0 Å². The van der Waals surface area contributed by atoms with E-state index in [9.17, 15) is 0 Å². The molecular weight excluding hydrogens is 270 g/mol. The lowest BCUT2D eigenvalue weighted by Crippen LogP contribution is -2.03. The Morgan fingerprint density at radius 3 is 2.94 bits per heavy atom. The van der Waals surface area contributed by atoms with Crippen molar-refractivity contribution >= 4 is 15.9 Å². The van der Waals surface area contributed by atoms with Crippen LogP contribution < -0.4 is 0 Å². The van der Waals surface area contributed by atoms with Crippen molar-refractivity contribution in [3.63, 3.8) is 0 Å². The summed E-state index contributed by atoms with van der Waals surface area (Å²) in [6.45, 7) is 3.88. The van der Waals surface area contributed by atoms with E-state index in [1.807, 2.05) is 30.3 Å². The average Bonchev–Trinajstić information content (AvgIpc) is 2.87. The molecule has 0 amide bonds. The second-order valence-corrected chi connectivity index (χ2v) is 5.05. The number of hydrogen-bond donors (Lipinski definition) is 0. The minimum atomic E-state index is 0.259. The van der Waals surface area contributed by atoms with Crippen LogP contribution in [0.3, 0.4) is 0 Å². The van der Waals surface area contributed by atoms with Gasteiger partial charge in [-0.2, -0.15) is 0 Å². The third-order valence-corrected chi connectivity index (χ3v) is 2.80. The lowest BCUT2D eigenvalue weighted by molar-refractivity contribution is 0.514. The van der Waals surface area contributed by atoms with Gasteiger partial charge in [0.25, 0.3) is 0 Å². The molecule has 1 atom stereocenters. The molecule has 16 heavy (non-hydrogen) atoms. The Labute approximate surface area is 103 Å². The average molecular weight is 284 g/mol. The molecule has 0 saturated carbocycles. The Morgan fingerprint density at radius 2 is 2.31 bits per heavy atom. The topological polar surface area (TPSA) is 48.5 Å². The molecule has 0 aromatic carbocycles. The molecular formula is C10H14BrN5. The summed E-state index contributed by atoms with van der Waals surface area (Å²) in [5.74, 6) is 0. The smallest absolute Gasteiger partial charge is 0.0960 e. The normalized spacial score (nSPS) is 12.9. The SMILES string of the molecule is CC(Br)c1cn(CCCn2ccnc2)nn1. The number of aromatic nitrogens is 5. The maximum absolute atomic E-state index is 4.08. The highest BCUT2D eigenvalue weighted by Gasteiger charge is 2.05. The van der Waals surface area contributed by atoms with Crippen molar-refractivity contribution in [3.8, 4) is 0 Å².